The normalized spacial score (nSPS) is 10.5. The lowest BCUT2D eigenvalue weighted by Crippen LogP contribution is -2.07. The van der Waals surface area contributed by atoms with E-state index in [1.807, 2.05) is 31.2 Å². The molecule has 9 heteroatoms. The Labute approximate surface area is 166 Å². The van der Waals surface area contributed by atoms with Crippen molar-refractivity contribution in [3.8, 4) is 22.9 Å². The Morgan fingerprint density at radius 1 is 1.07 bits per heavy atom. The van der Waals surface area contributed by atoms with Crippen molar-refractivity contribution in [2.45, 2.75) is 12.1 Å². The molecule has 146 valence electrons. The van der Waals surface area contributed by atoms with E-state index in [0.717, 1.165) is 11.4 Å². The van der Waals surface area contributed by atoms with Gasteiger partial charge in [-0.05, 0) is 59.8 Å². The Morgan fingerprint density at radius 2 is 1.82 bits per heavy atom. The fraction of sp³-hybridized carbons (Fsp3) is 0.263. The van der Waals surface area contributed by atoms with Crippen LogP contribution in [0.4, 0.5) is 0 Å². The van der Waals surface area contributed by atoms with Crippen LogP contribution in [0.1, 0.15) is 17.3 Å². The maximum absolute atomic E-state index is 12.7. The van der Waals surface area contributed by atoms with E-state index in [4.69, 9.17) is 14.2 Å². The Bertz CT molecular complexity index is 943. The van der Waals surface area contributed by atoms with Crippen molar-refractivity contribution in [2.75, 3.05) is 26.6 Å². The number of aromatic nitrogens is 4. The van der Waals surface area contributed by atoms with Gasteiger partial charge in [0.25, 0.3) is 0 Å². The summed E-state index contributed by atoms with van der Waals surface area (Å²) in [5, 5.41) is 12.3. The zero-order chi connectivity index (χ0) is 19.9. The number of Topliss-reactive ketones (excluding diaryl/α,β-unsaturated/α-hetero) is 1. The fourth-order valence-electron chi connectivity index (χ4n) is 2.52. The van der Waals surface area contributed by atoms with E-state index in [1.54, 1.807) is 30.0 Å². The number of nitrogens with zero attached hydrogens (tertiary/aromatic N) is 4. The molecule has 0 aliphatic rings. The average molecular weight is 400 g/mol. The molecule has 0 aliphatic heterocycles. The van der Waals surface area contributed by atoms with E-state index < -0.39 is 0 Å². The Kier molecular flexibility index (Phi) is 6.49. The van der Waals surface area contributed by atoms with Gasteiger partial charge >= 0.3 is 0 Å². The first-order valence-electron chi connectivity index (χ1n) is 8.56. The van der Waals surface area contributed by atoms with Gasteiger partial charge in [0.1, 0.15) is 17.2 Å². The highest BCUT2D eigenvalue weighted by molar-refractivity contribution is 7.99. The second kappa shape index (κ2) is 9.23. The summed E-state index contributed by atoms with van der Waals surface area (Å²) >= 11 is 1.25. The number of ether oxygens (including phenoxy) is 3. The van der Waals surface area contributed by atoms with Crippen molar-refractivity contribution in [2.24, 2.45) is 0 Å². The van der Waals surface area contributed by atoms with E-state index in [-0.39, 0.29) is 11.5 Å². The first-order chi connectivity index (χ1) is 13.7. The van der Waals surface area contributed by atoms with Crippen LogP contribution < -0.4 is 14.2 Å². The zero-order valence-electron chi connectivity index (χ0n) is 15.8. The molecule has 0 N–H and O–H groups in total. The number of hydrogen-bond acceptors (Lipinski definition) is 8. The van der Waals surface area contributed by atoms with Crippen molar-refractivity contribution in [3.63, 3.8) is 0 Å². The van der Waals surface area contributed by atoms with Crippen molar-refractivity contribution in [1.29, 1.82) is 0 Å². The van der Waals surface area contributed by atoms with Crippen LogP contribution in [0.15, 0.2) is 47.6 Å². The molecule has 1 aromatic heterocycles. The Hall–Kier alpha value is -3.07. The number of carbonyl (C=O) groups excluding carboxylic acids is 1. The SMILES string of the molecule is CCOc1ccc(-n2nnnc2SCC(=O)c2cc(OC)ccc2OC)cc1. The number of benzene rings is 2. The second-order valence-electron chi connectivity index (χ2n) is 5.58. The summed E-state index contributed by atoms with van der Waals surface area (Å²) in [5.74, 6) is 1.91. The molecule has 8 nitrogen and oxygen atoms in total. The summed E-state index contributed by atoms with van der Waals surface area (Å²) in [6, 6.07) is 12.5. The van der Waals surface area contributed by atoms with Gasteiger partial charge in [0, 0.05) is 0 Å². The highest BCUT2D eigenvalue weighted by Gasteiger charge is 2.17. The quantitative estimate of drug-likeness (QED) is 0.400. The minimum absolute atomic E-state index is 0.109. The lowest BCUT2D eigenvalue weighted by Gasteiger charge is -2.09. The summed E-state index contributed by atoms with van der Waals surface area (Å²) in [6.45, 7) is 2.53. The van der Waals surface area contributed by atoms with Crippen LogP contribution in [0.3, 0.4) is 0 Å². The van der Waals surface area contributed by atoms with Crippen LogP contribution in [-0.2, 0) is 0 Å². The van der Waals surface area contributed by atoms with Crippen LogP contribution in [0.5, 0.6) is 17.2 Å². The smallest absolute Gasteiger partial charge is 0.214 e. The Balaban J connectivity index is 1.74. The van der Waals surface area contributed by atoms with Crippen molar-refractivity contribution in [1.82, 2.24) is 20.2 Å². The molecule has 1 heterocycles. The summed E-state index contributed by atoms with van der Waals surface area (Å²) in [6.07, 6.45) is 0. The average Bonchev–Trinajstić information content (AvgIpc) is 3.21. The zero-order valence-corrected chi connectivity index (χ0v) is 16.6. The maximum Gasteiger partial charge on any atom is 0.214 e. The van der Waals surface area contributed by atoms with E-state index in [1.165, 1.54) is 18.9 Å². The third-order valence-electron chi connectivity index (χ3n) is 3.87. The molecule has 0 aliphatic carbocycles. The van der Waals surface area contributed by atoms with Gasteiger partial charge in [-0.3, -0.25) is 4.79 Å². The molecular weight excluding hydrogens is 380 g/mol. The molecule has 0 atom stereocenters. The molecule has 0 bridgehead atoms. The third kappa shape index (κ3) is 4.42. The molecule has 0 saturated carbocycles. The lowest BCUT2D eigenvalue weighted by molar-refractivity contribution is 0.101. The van der Waals surface area contributed by atoms with Gasteiger partial charge in [0.2, 0.25) is 5.16 Å². The van der Waals surface area contributed by atoms with Gasteiger partial charge in [0.15, 0.2) is 5.78 Å². The number of hydrogen-bond donors (Lipinski definition) is 0. The molecular formula is C19H20N4O4S. The first-order valence-corrected chi connectivity index (χ1v) is 9.54. The summed E-state index contributed by atoms with van der Waals surface area (Å²) in [7, 11) is 3.08. The maximum atomic E-state index is 12.7. The highest BCUT2D eigenvalue weighted by Crippen LogP contribution is 2.27. The largest absolute Gasteiger partial charge is 0.497 e. The van der Waals surface area contributed by atoms with E-state index in [0.29, 0.717) is 28.8 Å². The standard InChI is InChI=1S/C19H20N4O4S/c1-4-27-14-7-5-13(6-8-14)23-19(20-21-22-23)28-12-17(24)16-11-15(25-2)9-10-18(16)26-3/h5-11H,4,12H2,1-3H3. The van der Waals surface area contributed by atoms with Gasteiger partial charge in [-0.1, -0.05) is 11.8 Å². The number of methoxy groups -OCH3 is 2. The minimum atomic E-state index is -0.109. The van der Waals surface area contributed by atoms with Crippen molar-refractivity contribution in [3.05, 3.63) is 48.0 Å². The van der Waals surface area contributed by atoms with Crippen molar-refractivity contribution >= 4 is 17.5 Å². The number of carbonyl (C=O) groups is 1. The molecule has 3 aromatic rings. The van der Waals surface area contributed by atoms with Crippen LogP contribution in [0, 0.1) is 0 Å². The number of rotatable bonds is 9. The lowest BCUT2D eigenvalue weighted by atomic mass is 10.1. The molecule has 28 heavy (non-hydrogen) atoms. The van der Waals surface area contributed by atoms with Gasteiger partial charge < -0.3 is 14.2 Å². The van der Waals surface area contributed by atoms with Gasteiger partial charge in [-0.25, -0.2) is 0 Å². The molecule has 0 amide bonds. The second-order valence-corrected chi connectivity index (χ2v) is 6.52. The summed E-state index contributed by atoms with van der Waals surface area (Å²) in [5.41, 5.74) is 1.23. The topological polar surface area (TPSA) is 88.4 Å². The van der Waals surface area contributed by atoms with Crippen LogP contribution in [0.25, 0.3) is 5.69 Å². The molecule has 2 aromatic carbocycles. The highest BCUT2D eigenvalue weighted by atomic mass is 32.2. The molecule has 0 saturated heterocycles. The van der Waals surface area contributed by atoms with Crippen LogP contribution >= 0.6 is 11.8 Å². The number of thioether (sulfide) groups is 1. The van der Waals surface area contributed by atoms with E-state index in [2.05, 4.69) is 15.5 Å². The molecule has 0 radical (unpaired) electrons. The molecule has 3 rings (SSSR count). The fourth-order valence-corrected chi connectivity index (χ4v) is 3.30. The predicted octanol–water partition coefficient (Wildman–Crippen LogP) is 3.05. The van der Waals surface area contributed by atoms with E-state index >= 15 is 0 Å². The van der Waals surface area contributed by atoms with E-state index in [9.17, 15) is 4.79 Å². The van der Waals surface area contributed by atoms with Gasteiger partial charge in [-0.2, -0.15) is 4.68 Å². The molecule has 0 fully saturated rings. The minimum Gasteiger partial charge on any atom is -0.497 e. The first kappa shape index (κ1) is 19.7. The molecule has 0 spiro atoms. The van der Waals surface area contributed by atoms with Crippen LogP contribution in [0.2, 0.25) is 0 Å². The van der Waals surface area contributed by atoms with Gasteiger partial charge in [0.05, 0.1) is 37.8 Å². The van der Waals surface area contributed by atoms with Crippen molar-refractivity contribution < 1.29 is 19.0 Å². The van der Waals surface area contributed by atoms with Crippen LogP contribution in [-0.4, -0.2) is 52.6 Å². The number of tetrazole rings is 1. The summed E-state index contributed by atoms with van der Waals surface area (Å²) in [4.78, 5) is 12.7. The molecule has 0 unspecified atom stereocenters. The van der Waals surface area contributed by atoms with Gasteiger partial charge in [-0.15, -0.1) is 5.10 Å². The Morgan fingerprint density at radius 3 is 2.50 bits per heavy atom. The summed E-state index contributed by atoms with van der Waals surface area (Å²) < 4.78 is 17.5. The monoisotopic (exact) mass is 400 g/mol. The third-order valence-corrected chi connectivity index (χ3v) is 4.79. The number of ketones is 1. The predicted molar refractivity (Wildman–Crippen MR) is 105 cm³/mol.